The molecule has 3 heterocycles. The number of carbonyl (C=O) groups is 1. The molecule has 0 radical (unpaired) electrons. The fourth-order valence-corrected chi connectivity index (χ4v) is 3.88. The molecule has 0 saturated heterocycles. The van der Waals surface area contributed by atoms with Crippen molar-refractivity contribution in [1.82, 2.24) is 15.1 Å². The molecule has 1 amide bonds. The van der Waals surface area contributed by atoms with Crippen molar-refractivity contribution in [2.45, 2.75) is 25.5 Å². The van der Waals surface area contributed by atoms with Gasteiger partial charge in [-0.2, -0.15) is 5.10 Å². The summed E-state index contributed by atoms with van der Waals surface area (Å²) in [6.07, 6.45) is 0.763. The number of hydrogen-bond acceptors (Lipinski definition) is 3. The standard InChI is InChI=1S/C21H18FN3O2/c22-16-7-3-2-6-14(16)20-15-12-25(10-9-17(15)23-24-20)21(26)19-11-13-5-1-4-8-18(13)27-19/h1-8,19H,9-12H2,(H,23,24). The van der Waals surface area contributed by atoms with Crippen LogP contribution in [0, 0.1) is 5.82 Å². The largest absolute Gasteiger partial charge is 0.480 e. The number of amides is 1. The van der Waals surface area contributed by atoms with Crippen LogP contribution in [-0.4, -0.2) is 33.7 Å². The molecule has 1 aromatic heterocycles. The number of nitrogens with one attached hydrogen (secondary N) is 1. The van der Waals surface area contributed by atoms with Crippen LogP contribution >= 0.6 is 0 Å². The minimum absolute atomic E-state index is 0.0301. The van der Waals surface area contributed by atoms with Crippen molar-refractivity contribution in [2.75, 3.05) is 6.54 Å². The normalized spacial score (nSPS) is 18.0. The van der Waals surface area contributed by atoms with Crippen molar-refractivity contribution in [3.05, 3.63) is 71.2 Å². The smallest absolute Gasteiger partial charge is 0.264 e. The molecule has 2 aliphatic rings. The van der Waals surface area contributed by atoms with Crippen molar-refractivity contribution in [2.24, 2.45) is 0 Å². The zero-order chi connectivity index (χ0) is 18.4. The van der Waals surface area contributed by atoms with E-state index >= 15 is 0 Å². The molecular weight excluding hydrogens is 345 g/mol. The SMILES string of the molecule is O=C(C1Cc2ccccc2O1)N1CCc2[nH]nc(-c3ccccc3F)c2C1. The molecule has 6 heteroatoms. The van der Waals surface area contributed by atoms with E-state index in [-0.39, 0.29) is 11.7 Å². The third-order valence-electron chi connectivity index (χ3n) is 5.30. The first-order valence-electron chi connectivity index (χ1n) is 9.05. The predicted octanol–water partition coefficient (Wildman–Crippen LogP) is 3.10. The summed E-state index contributed by atoms with van der Waals surface area (Å²) in [7, 11) is 0. The summed E-state index contributed by atoms with van der Waals surface area (Å²) in [5.41, 5.74) is 3.94. The number of nitrogens with zero attached hydrogens (tertiary/aromatic N) is 2. The Morgan fingerprint density at radius 2 is 2.00 bits per heavy atom. The van der Waals surface area contributed by atoms with Crippen molar-refractivity contribution in [3.63, 3.8) is 0 Å². The van der Waals surface area contributed by atoms with Gasteiger partial charge in [0.2, 0.25) is 0 Å². The van der Waals surface area contributed by atoms with E-state index in [1.54, 1.807) is 23.1 Å². The molecule has 3 aromatic rings. The van der Waals surface area contributed by atoms with Gasteiger partial charge in [-0.05, 0) is 23.8 Å². The summed E-state index contributed by atoms with van der Waals surface area (Å²) in [5.74, 6) is 0.436. The van der Waals surface area contributed by atoms with E-state index in [4.69, 9.17) is 4.74 Å². The highest BCUT2D eigenvalue weighted by Gasteiger charge is 2.35. The van der Waals surface area contributed by atoms with Gasteiger partial charge in [0.05, 0.1) is 0 Å². The third-order valence-corrected chi connectivity index (χ3v) is 5.30. The van der Waals surface area contributed by atoms with E-state index in [9.17, 15) is 9.18 Å². The number of H-pyrrole nitrogens is 1. The van der Waals surface area contributed by atoms with Crippen LogP contribution in [0.3, 0.4) is 0 Å². The fourth-order valence-electron chi connectivity index (χ4n) is 3.88. The average molecular weight is 363 g/mol. The maximum atomic E-state index is 14.2. The first kappa shape index (κ1) is 16.1. The lowest BCUT2D eigenvalue weighted by molar-refractivity contribution is -0.138. The third kappa shape index (κ3) is 2.68. The number of para-hydroxylation sites is 1. The Labute approximate surface area is 155 Å². The molecule has 0 saturated carbocycles. The lowest BCUT2D eigenvalue weighted by Crippen LogP contribution is -2.43. The van der Waals surface area contributed by atoms with Crippen LogP contribution in [0.4, 0.5) is 4.39 Å². The van der Waals surface area contributed by atoms with Gasteiger partial charge in [-0.3, -0.25) is 9.89 Å². The number of aromatic amines is 1. The summed E-state index contributed by atoms with van der Waals surface area (Å²) in [4.78, 5) is 14.8. The Morgan fingerprint density at radius 3 is 2.85 bits per heavy atom. The number of benzene rings is 2. The number of hydrogen-bond donors (Lipinski definition) is 1. The number of aromatic nitrogens is 2. The van der Waals surface area contributed by atoms with Crippen molar-refractivity contribution >= 4 is 5.91 Å². The lowest BCUT2D eigenvalue weighted by atomic mass is 10.00. The predicted molar refractivity (Wildman–Crippen MR) is 97.7 cm³/mol. The van der Waals surface area contributed by atoms with Crippen molar-refractivity contribution in [3.8, 4) is 17.0 Å². The van der Waals surface area contributed by atoms with Crippen LogP contribution in [0.2, 0.25) is 0 Å². The molecule has 27 heavy (non-hydrogen) atoms. The summed E-state index contributed by atoms with van der Waals surface area (Å²) >= 11 is 0. The van der Waals surface area contributed by atoms with Crippen LogP contribution in [-0.2, 0) is 24.2 Å². The Bertz CT molecular complexity index is 1000. The number of rotatable bonds is 2. The topological polar surface area (TPSA) is 58.2 Å². The fraction of sp³-hybridized carbons (Fsp3) is 0.238. The van der Waals surface area contributed by atoms with Crippen molar-refractivity contribution in [1.29, 1.82) is 0 Å². The molecule has 0 bridgehead atoms. The van der Waals surface area contributed by atoms with Gasteiger partial charge in [-0.25, -0.2) is 4.39 Å². The molecule has 2 aromatic carbocycles. The molecule has 2 aliphatic heterocycles. The Balaban J connectivity index is 1.40. The van der Waals surface area contributed by atoms with Crippen LogP contribution in [0.15, 0.2) is 48.5 Å². The molecule has 136 valence electrons. The maximum Gasteiger partial charge on any atom is 0.264 e. The highest BCUT2D eigenvalue weighted by molar-refractivity contribution is 5.83. The molecular formula is C21H18FN3O2. The minimum atomic E-state index is -0.493. The molecule has 0 aliphatic carbocycles. The van der Waals surface area contributed by atoms with Gasteiger partial charge in [0.15, 0.2) is 6.10 Å². The Kier molecular flexibility index (Phi) is 3.70. The van der Waals surface area contributed by atoms with E-state index in [0.29, 0.717) is 37.2 Å². The quantitative estimate of drug-likeness (QED) is 0.761. The lowest BCUT2D eigenvalue weighted by Gasteiger charge is -2.29. The van der Waals surface area contributed by atoms with Gasteiger partial charge in [0.1, 0.15) is 17.3 Å². The molecule has 0 fully saturated rings. The molecule has 0 spiro atoms. The number of carbonyl (C=O) groups excluding carboxylic acids is 1. The summed E-state index contributed by atoms with van der Waals surface area (Å²) in [5, 5.41) is 7.33. The highest BCUT2D eigenvalue weighted by Crippen LogP contribution is 2.32. The first-order valence-corrected chi connectivity index (χ1v) is 9.05. The monoisotopic (exact) mass is 363 g/mol. The van der Waals surface area contributed by atoms with E-state index < -0.39 is 6.10 Å². The average Bonchev–Trinajstić information content (AvgIpc) is 3.31. The van der Waals surface area contributed by atoms with Crippen LogP contribution in [0.5, 0.6) is 5.75 Å². The molecule has 1 N–H and O–H groups in total. The second kappa shape index (κ2) is 6.23. The van der Waals surface area contributed by atoms with E-state index in [1.807, 2.05) is 24.3 Å². The van der Waals surface area contributed by atoms with Crippen LogP contribution in [0.25, 0.3) is 11.3 Å². The zero-order valence-electron chi connectivity index (χ0n) is 14.6. The Morgan fingerprint density at radius 1 is 1.19 bits per heavy atom. The molecule has 1 atom stereocenters. The molecule has 1 unspecified atom stereocenters. The van der Waals surface area contributed by atoms with Gasteiger partial charge in [-0.1, -0.05) is 30.3 Å². The number of ether oxygens (including phenoxy) is 1. The number of fused-ring (bicyclic) bond motifs is 2. The van der Waals surface area contributed by atoms with E-state index in [0.717, 1.165) is 22.6 Å². The maximum absolute atomic E-state index is 14.2. The molecule has 5 nitrogen and oxygen atoms in total. The highest BCUT2D eigenvalue weighted by atomic mass is 19.1. The number of halogens is 1. The second-order valence-electron chi connectivity index (χ2n) is 6.94. The Hall–Kier alpha value is -3.15. The van der Waals surface area contributed by atoms with Gasteiger partial charge >= 0.3 is 0 Å². The van der Waals surface area contributed by atoms with Gasteiger partial charge in [-0.15, -0.1) is 0 Å². The van der Waals surface area contributed by atoms with E-state index in [1.165, 1.54) is 6.07 Å². The summed E-state index contributed by atoms with van der Waals surface area (Å²) in [6.45, 7) is 1.01. The zero-order valence-corrected chi connectivity index (χ0v) is 14.6. The van der Waals surface area contributed by atoms with E-state index in [2.05, 4.69) is 10.2 Å². The summed E-state index contributed by atoms with van der Waals surface area (Å²) < 4.78 is 20.1. The van der Waals surface area contributed by atoms with Crippen LogP contribution in [0.1, 0.15) is 16.8 Å². The van der Waals surface area contributed by atoms with Gasteiger partial charge in [0.25, 0.3) is 5.91 Å². The first-order chi connectivity index (χ1) is 13.2. The summed E-state index contributed by atoms with van der Waals surface area (Å²) in [6, 6.07) is 14.3. The molecule has 5 rings (SSSR count). The van der Waals surface area contributed by atoms with Gasteiger partial charge in [0, 0.05) is 42.8 Å². The second-order valence-corrected chi connectivity index (χ2v) is 6.94. The van der Waals surface area contributed by atoms with Crippen LogP contribution < -0.4 is 4.74 Å². The van der Waals surface area contributed by atoms with Crippen molar-refractivity contribution < 1.29 is 13.9 Å². The van der Waals surface area contributed by atoms with Gasteiger partial charge < -0.3 is 9.64 Å². The minimum Gasteiger partial charge on any atom is -0.480 e.